The lowest BCUT2D eigenvalue weighted by Gasteiger charge is -2.25. The van der Waals surface area contributed by atoms with Crippen molar-refractivity contribution in [3.05, 3.63) is 59.4 Å². The molecule has 2 aliphatic heterocycles. The van der Waals surface area contributed by atoms with Crippen LogP contribution in [0.15, 0.2) is 42.5 Å². The van der Waals surface area contributed by atoms with Gasteiger partial charge in [-0.2, -0.15) is 0 Å². The van der Waals surface area contributed by atoms with E-state index in [0.29, 0.717) is 36.8 Å². The van der Waals surface area contributed by atoms with Crippen molar-refractivity contribution in [2.24, 2.45) is 0 Å². The first-order chi connectivity index (χ1) is 13.6. The molecule has 6 heteroatoms. The van der Waals surface area contributed by atoms with Gasteiger partial charge in [-0.1, -0.05) is 12.1 Å². The maximum Gasteiger partial charge on any atom is 0.223 e. The summed E-state index contributed by atoms with van der Waals surface area (Å²) in [7, 11) is 0. The molecular formula is C22H22FNO4. The highest BCUT2D eigenvalue weighted by atomic mass is 19.1. The lowest BCUT2D eigenvalue weighted by atomic mass is 10.0. The first kappa shape index (κ1) is 18.5. The Hall–Kier alpha value is -2.89. The van der Waals surface area contributed by atoms with Crippen molar-refractivity contribution in [3.8, 4) is 11.5 Å². The predicted octanol–water partition coefficient (Wildman–Crippen LogP) is 3.92. The number of hydrogen-bond donors (Lipinski definition) is 0. The molecule has 1 atom stereocenters. The van der Waals surface area contributed by atoms with Crippen molar-refractivity contribution in [2.45, 2.75) is 31.7 Å². The number of rotatable bonds is 5. The molecule has 2 aliphatic rings. The molecule has 2 heterocycles. The van der Waals surface area contributed by atoms with E-state index in [0.717, 1.165) is 18.4 Å². The van der Waals surface area contributed by atoms with E-state index >= 15 is 0 Å². The quantitative estimate of drug-likeness (QED) is 0.735. The Bertz CT molecular complexity index is 881. The van der Waals surface area contributed by atoms with E-state index in [1.807, 2.05) is 4.90 Å². The molecule has 0 N–H and O–H groups in total. The molecule has 1 unspecified atom stereocenters. The van der Waals surface area contributed by atoms with Crippen molar-refractivity contribution in [1.82, 2.24) is 4.90 Å². The summed E-state index contributed by atoms with van der Waals surface area (Å²) >= 11 is 0. The number of nitrogens with zero attached hydrogens (tertiary/aromatic N) is 1. The molecule has 1 fully saturated rings. The normalized spacial score (nSPS) is 18.2. The van der Waals surface area contributed by atoms with Crippen molar-refractivity contribution in [2.75, 3.05) is 19.8 Å². The Morgan fingerprint density at radius 2 is 1.75 bits per heavy atom. The minimum absolute atomic E-state index is 0.0438. The van der Waals surface area contributed by atoms with E-state index in [-0.39, 0.29) is 36.4 Å². The van der Waals surface area contributed by atoms with Crippen LogP contribution in [0.25, 0.3) is 0 Å². The van der Waals surface area contributed by atoms with Crippen LogP contribution >= 0.6 is 0 Å². The topological polar surface area (TPSA) is 55.8 Å². The third-order valence-corrected chi connectivity index (χ3v) is 5.26. The number of carbonyl (C=O) groups excluding carboxylic acids is 2. The van der Waals surface area contributed by atoms with Crippen molar-refractivity contribution in [1.29, 1.82) is 0 Å². The number of likely N-dealkylation sites (tertiary alicyclic amines) is 1. The second-order valence-corrected chi connectivity index (χ2v) is 7.08. The molecule has 1 amide bonds. The maximum atomic E-state index is 13.2. The van der Waals surface area contributed by atoms with Crippen molar-refractivity contribution >= 4 is 11.7 Å². The van der Waals surface area contributed by atoms with E-state index in [1.54, 1.807) is 30.3 Å². The van der Waals surface area contributed by atoms with E-state index in [9.17, 15) is 14.0 Å². The molecule has 2 aromatic rings. The van der Waals surface area contributed by atoms with Crippen LogP contribution in [-0.2, 0) is 4.79 Å². The minimum atomic E-state index is -0.287. The van der Waals surface area contributed by atoms with Gasteiger partial charge in [0.25, 0.3) is 0 Å². The number of carbonyl (C=O) groups is 2. The molecule has 146 valence electrons. The van der Waals surface area contributed by atoms with E-state index in [2.05, 4.69) is 0 Å². The number of ether oxygens (including phenoxy) is 2. The average Bonchev–Trinajstić information content (AvgIpc) is 3.22. The zero-order valence-corrected chi connectivity index (χ0v) is 15.5. The average molecular weight is 383 g/mol. The van der Waals surface area contributed by atoms with Gasteiger partial charge in [-0.15, -0.1) is 0 Å². The summed E-state index contributed by atoms with van der Waals surface area (Å²) in [5.41, 5.74) is 1.46. The number of fused-ring (bicyclic) bond motifs is 1. The van der Waals surface area contributed by atoms with Gasteiger partial charge >= 0.3 is 0 Å². The summed E-state index contributed by atoms with van der Waals surface area (Å²) in [6.07, 6.45) is 2.06. The lowest BCUT2D eigenvalue weighted by molar-refractivity contribution is -0.132. The van der Waals surface area contributed by atoms with Gasteiger partial charge in [0, 0.05) is 24.9 Å². The maximum absolute atomic E-state index is 13.2. The Labute approximate surface area is 163 Å². The van der Waals surface area contributed by atoms with Crippen LogP contribution in [0.3, 0.4) is 0 Å². The zero-order valence-electron chi connectivity index (χ0n) is 15.5. The van der Waals surface area contributed by atoms with Gasteiger partial charge in [-0.25, -0.2) is 4.39 Å². The summed E-state index contributed by atoms with van der Waals surface area (Å²) in [6, 6.07) is 11.4. The third-order valence-electron chi connectivity index (χ3n) is 5.26. The van der Waals surface area contributed by atoms with Gasteiger partial charge in [0.2, 0.25) is 5.91 Å². The van der Waals surface area contributed by atoms with Gasteiger partial charge in [-0.05, 0) is 48.7 Å². The predicted molar refractivity (Wildman–Crippen MR) is 101 cm³/mol. The van der Waals surface area contributed by atoms with Crippen LogP contribution in [0, 0.1) is 5.82 Å². The van der Waals surface area contributed by atoms with Crippen LogP contribution in [0.1, 0.15) is 47.6 Å². The van der Waals surface area contributed by atoms with Crippen LogP contribution in [0.2, 0.25) is 0 Å². The monoisotopic (exact) mass is 383 g/mol. The fraction of sp³-hybridized carbons (Fsp3) is 0.364. The molecule has 4 rings (SSSR count). The second-order valence-electron chi connectivity index (χ2n) is 7.08. The van der Waals surface area contributed by atoms with E-state index in [1.165, 1.54) is 12.1 Å². The van der Waals surface area contributed by atoms with E-state index < -0.39 is 0 Å². The Morgan fingerprint density at radius 3 is 2.54 bits per heavy atom. The molecular weight excluding hydrogens is 361 g/mol. The smallest absolute Gasteiger partial charge is 0.223 e. The highest BCUT2D eigenvalue weighted by molar-refractivity contribution is 5.98. The molecule has 0 aromatic heterocycles. The summed E-state index contributed by atoms with van der Waals surface area (Å²) in [6.45, 7) is 1.63. The first-order valence-corrected chi connectivity index (χ1v) is 9.59. The first-order valence-electron chi connectivity index (χ1n) is 9.59. The molecule has 28 heavy (non-hydrogen) atoms. The van der Waals surface area contributed by atoms with Crippen molar-refractivity contribution < 1.29 is 23.5 Å². The molecule has 0 radical (unpaired) electrons. The number of hydrogen-bond acceptors (Lipinski definition) is 4. The summed E-state index contributed by atoms with van der Waals surface area (Å²) in [5.74, 6) is 0.780. The molecule has 1 saturated heterocycles. The second kappa shape index (κ2) is 8.00. The summed E-state index contributed by atoms with van der Waals surface area (Å²) in [5, 5.41) is 0. The Balaban J connectivity index is 1.38. The van der Waals surface area contributed by atoms with Gasteiger partial charge in [0.05, 0.1) is 6.04 Å². The van der Waals surface area contributed by atoms with Crippen LogP contribution in [0.4, 0.5) is 4.39 Å². The molecule has 2 aromatic carbocycles. The molecule has 0 saturated carbocycles. The fourth-order valence-corrected chi connectivity index (χ4v) is 3.82. The Kier molecular flexibility index (Phi) is 5.28. The minimum Gasteiger partial charge on any atom is -0.486 e. The number of Topliss-reactive ketones (excluding diaryl/α,β-unsaturated/α-hetero) is 1. The van der Waals surface area contributed by atoms with Gasteiger partial charge in [-0.3, -0.25) is 9.59 Å². The summed E-state index contributed by atoms with van der Waals surface area (Å²) in [4.78, 5) is 27.1. The van der Waals surface area contributed by atoms with Gasteiger partial charge in [0.15, 0.2) is 17.3 Å². The number of ketones is 1. The zero-order chi connectivity index (χ0) is 19.5. The number of halogens is 1. The number of benzene rings is 2. The van der Waals surface area contributed by atoms with E-state index in [4.69, 9.17) is 9.47 Å². The fourth-order valence-electron chi connectivity index (χ4n) is 3.82. The molecule has 0 bridgehead atoms. The number of amides is 1. The lowest BCUT2D eigenvalue weighted by Crippen LogP contribution is -2.30. The third kappa shape index (κ3) is 3.86. The standard InChI is InChI=1S/C22H22FNO4/c23-17-6-3-15(4-7-17)18-2-1-11-24(18)22(26)10-8-19(25)16-5-9-20-21(14-16)28-13-12-27-20/h3-7,9,14,18H,1-2,8,10-13H2. The molecule has 5 nitrogen and oxygen atoms in total. The van der Waals surface area contributed by atoms with Crippen molar-refractivity contribution in [3.63, 3.8) is 0 Å². The van der Waals surface area contributed by atoms with Crippen LogP contribution < -0.4 is 9.47 Å². The highest BCUT2D eigenvalue weighted by Gasteiger charge is 2.30. The van der Waals surface area contributed by atoms with Gasteiger partial charge in [0.1, 0.15) is 19.0 Å². The molecule has 0 aliphatic carbocycles. The van der Waals surface area contributed by atoms with Gasteiger partial charge < -0.3 is 14.4 Å². The Morgan fingerprint density at radius 1 is 1.00 bits per heavy atom. The highest BCUT2D eigenvalue weighted by Crippen LogP contribution is 2.33. The van der Waals surface area contributed by atoms with Crippen LogP contribution in [-0.4, -0.2) is 36.3 Å². The van der Waals surface area contributed by atoms with Crippen LogP contribution in [0.5, 0.6) is 11.5 Å². The summed E-state index contributed by atoms with van der Waals surface area (Å²) < 4.78 is 24.1. The largest absolute Gasteiger partial charge is 0.486 e. The SMILES string of the molecule is O=C(CCC(=O)N1CCCC1c1ccc(F)cc1)c1ccc2c(c1)OCCO2. The molecule has 0 spiro atoms.